The minimum atomic E-state index is 1.18. The molecule has 46 valence electrons. The highest BCUT2D eigenvalue weighted by Gasteiger charge is 2.04. The van der Waals surface area contributed by atoms with Crippen molar-refractivity contribution < 1.29 is 0 Å². The number of rotatable bonds is 0. The molecule has 0 spiro atoms. The molecule has 0 bridgehead atoms. The first-order valence-electron chi connectivity index (χ1n) is 3.24. The van der Waals surface area contributed by atoms with Gasteiger partial charge in [-0.1, -0.05) is 36.4 Å². The van der Waals surface area contributed by atoms with Crippen LogP contribution in [-0.4, -0.2) is 15.0 Å². The van der Waals surface area contributed by atoms with E-state index < -0.39 is 0 Å². The molecular weight excluding hydrogens is 136 g/mol. The minimum absolute atomic E-state index is 1.18. The highest BCUT2D eigenvalue weighted by molar-refractivity contribution is 6.50. The fourth-order valence-corrected chi connectivity index (χ4v) is 1.46. The molecule has 0 aliphatic heterocycles. The second kappa shape index (κ2) is 2.03. The number of fused-ring (bicyclic) bond motifs is 1. The SMILES string of the molecule is [Si]=C1C=Cc2ccccc21. The Hall–Kier alpha value is -0.953. The van der Waals surface area contributed by atoms with Gasteiger partial charge < -0.3 is 0 Å². The Kier molecular flexibility index (Phi) is 1.18. The Morgan fingerprint density at radius 1 is 1.00 bits per heavy atom. The second-order valence-electron chi connectivity index (χ2n) is 2.33. The Morgan fingerprint density at radius 2 is 1.80 bits per heavy atom. The molecule has 1 aromatic rings. The lowest BCUT2D eigenvalue weighted by atomic mass is 10.1. The molecule has 0 aromatic heterocycles. The van der Waals surface area contributed by atoms with E-state index >= 15 is 0 Å². The summed E-state index contributed by atoms with van der Waals surface area (Å²) in [7, 11) is 3.52. The van der Waals surface area contributed by atoms with Crippen LogP contribution in [0.2, 0.25) is 0 Å². The monoisotopic (exact) mass is 142 g/mol. The van der Waals surface area contributed by atoms with Crippen LogP contribution in [-0.2, 0) is 0 Å². The van der Waals surface area contributed by atoms with Crippen LogP contribution in [0, 0.1) is 0 Å². The highest BCUT2D eigenvalue weighted by atomic mass is 28.1. The molecule has 0 fully saturated rings. The lowest BCUT2D eigenvalue weighted by Gasteiger charge is -1.95. The number of hydrogen-bond donors (Lipinski definition) is 0. The van der Waals surface area contributed by atoms with Crippen LogP contribution in [0.25, 0.3) is 6.08 Å². The molecule has 0 saturated carbocycles. The van der Waals surface area contributed by atoms with Crippen LogP contribution in [0.1, 0.15) is 11.1 Å². The fraction of sp³-hybridized carbons (Fsp3) is 0. The van der Waals surface area contributed by atoms with E-state index in [1.807, 2.05) is 12.1 Å². The molecule has 1 aliphatic carbocycles. The van der Waals surface area contributed by atoms with E-state index in [4.69, 9.17) is 0 Å². The van der Waals surface area contributed by atoms with Gasteiger partial charge in [0.15, 0.2) is 0 Å². The van der Waals surface area contributed by atoms with Gasteiger partial charge in [0.05, 0.1) is 0 Å². The number of hydrogen-bond acceptors (Lipinski definition) is 0. The van der Waals surface area contributed by atoms with Crippen molar-refractivity contribution in [3.05, 3.63) is 41.5 Å². The van der Waals surface area contributed by atoms with Crippen molar-refractivity contribution in [2.24, 2.45) is 0 Å². The maximum atomic E-state index is 3.52. The predicted molar refractivity (Wildman–Crippen MR) is 45.3 cm³/mol. The summed E-state index contributed by atoms with van der Waals surface area (Å²) >= 11 is 0. The molecule has 0 atom stereocenters. The number of benzene rings is 1. The molecule has 0 heterocycles. The third kappa shape index (κ3) is 0.710. The first kappa shape index (κ1) is 5.80. The summed E-state index contributed by atoms with van der Waals surface area (Å²) in [5.41, 5.74) is 2.59. The van der Waals surface area contributed by atoms with Crippen LogP contribution in [0.15, 0.2) is 30.3 Å². The van der Waals surface area contributed by atoms with Gasteiger partial charge in [-0.25, -0.2) is 0 Å². The summed E-state index contributed by atoms with van der Waals surface area (Å²) < 4.78 is 0. The first-order valence-corrected chi connectivity index (χ1v) is 3.74. The van der Waals surface area contributed by atoms with E-state index in [0.29, 0.717) is 0 Å². The predicted octanol–water partition coefficient (Wildman–Crippen LogP) is 1.40. The van der Waals surface area contributed by atoms with Gasteiger partial charge in [0.2, 0.25) is 0 Å². The molecule has 2 rings (SSSR count). The van der Waals surface area contributed by atoms with Gasteiger partial charge in [-0.15, -0.1) is 0 Å². The first-order chi connectivity index (χ1) is 4.88. The zero-order valence-corrected chi connectivity index (χ0v) is 6.46. The molecule has 0 saturated heterocycles. The Bertz CT molecular complexity index is 310. The van der Waals surface area contributed by atoms with Gasteiger partial charge in [-0.05, 0) is 16.3 Å². The maximum Gasteiger partial charge on any atom is 0.0411 e. The Labute approximate surface area is 63.2 Å². The molecule has 0 unspecified atom stereocenters. The van der Waals surface area contributed by atoms with Gasteiger partial charge in [0, 0.05) is 9.85 Å². The van der Waals surface area contributed by atoms with Crippen molar-refractivity contribution in [3.8, 4) is 0 Å². The number of allylic oxidation sites excluding steroid dienone is 1. The van der Waals surface area contributed by atoms with Crippen LogP contribution < -0.4 is 0 Å². The van der Waals surface area contributed by atoms with Gasteiger partial charge in [-0.2, -0.15) is 0 Å². The molecule has 0 amide bonds. The van der Waals surface area contributed by atoms with E-state index in [-0.39, 0.29) is 0 Å². The zero-order chi connectivity index (χ0) is 6.97. The topological polar surface area (TPSA) is 0 Å². The van der Waals surface area contributed by atoms with Crippen LogP contribution in [0.4, 0.5) is 0 Å². The molecular formula is C9H6Si. The van der Waals surface area contributed by atoms with E-state index in [9.17, 15) is 0 Å². The van der Waals surface area contributed by atoms with Crippen molar-refractivity contribution in [2.75, 3.05) is 0 Å². The highest BCUT2D eigenvalue weighted by Crippen LogP contribution is 2.17. The second-order valence-corrected chi connectivity index (χ2v) is 2.87. The largest absolute Gasteiger partial charge is 0.0616 e. The summed E-state index contributed by atoms with van der Waals surface area (Å²) in [5, 5.41) is 1.18. The summed E-state index contributed by atoms with van der Waals surface area (Å²) in [6.45, 7) is 0. The molecule has 1 aliphatic rings. The van der Waals surface area contributed by atoms with E-state index in [2.05, 4.69) is 34.1 Å². The molecule has 0 nitrogen and oxygen atoms in total. The van der Waals surface area contributed by atoms with E-state index in [1.54, 1.807) is 0 Å². The molecule has 0 N–H and O–H groups in total. The van der Waals surface area contributed by atoms with E-state index in [1.165, 1.54) is 16.3 Å². The summed E-state index contributed by atoms with van der Waals surface area (Å²) in [4.78, 5) is 0. The van der Waals surface area contributed by atoms with Gasteiger partial charge in [0.25, 0.3) is 0 Å². The summed E-state index contributed by atoms with van der Waals surface area (Å²) in [6, 6.07) is 8.32. The lowest BCUT2D eigenvalue weighted by Crippen LogP contribution is -1.91. The maximum absolute atomic E-state index is 3.52. The summed E-state index contributed by atoms with van der Waals surface area (Å²) in [5.74, 6) is 0. The quantitative estimate of drug-likeness (QED) is 0.480. The van der Waals surface area contributed by atoms with Gasteiger partial charge >= 0.3 is 0 Å². The molecule has 1 aromatic carbocycles. The Balaban J connectivity index is 2.70. The van der Waals surface area contributed by atoms with Gasteiger partial charge in [-0.3, -0.25) is 0 Å². The molecule has 2 radical (unpaired) electrons. The van der Waals surface area contributed by atoms with Crippen LogP contribution >= 0.6 is 0 Å². The smallest absolute Gasteiger partial charge is 0.0411 e. The third-order valence-electron chi connectivity index (χ3n) is 1.68. The average Bonchev–Trinajstić information content (AvgIpc) is 2.34. The standard InChI is InChI=1S/C9H6Si/c10-9-6-5-7-3-1-2-4-8(7)9/h1-6H. The van der Waals surface area contributed by atoms with E-state index in [0.717, 1.165) is 0 Å². The minimum Gasteiger partial charge on any atom is -0.0616 e. The fourth-order valence-electron chi connectivity index (χ4n) is 1.15. The van der Waals surface area contributed by atoms with Crippen molar-refractivity contribution in [1.29, 1.82) is 0 Å². The lowest BCUT2D eigenvalue weighted by molar-refractivity contribution is 1.65. The van der Waals surface area contributed by atoms with Crippen molar-refractivity contribution in [2.45, 2.75) is 0 Å². The van der Waals surface area contributed by atoms with Crippen LogP contribution in [0.3, 0.4) is 0 Å². The Morgan fingerprint density at radius 3 is 2.60 bits per heavy atom. The van der Waals surface area contributed by atoms with Crippen molar-refractivity contribution in [1.82, 2.24) is 0 Å². The molecule has 10 heavy (non-hydrogen) atoms. The van der Waals surface area contributed by atoms with Crippen molar-refractivity contribution >= 4 is 21.1 Å². The molecule has 1 heteroatoms. The van der Waals surface area contributed by atoms with Gasteiger partial charge in [0.1, 0.15) is 0 Å². The zero-order valence-electron chi connectivity index (χ0n) is 5.46. The normalized spacial score (nSPS) is 13.8. The van der Waals surface area contributed by atoms with Crippen LogP contribution in [0.5, 0.6) is 0 Å². The average molecular weight is 142 g/mol. The van der Waals surface area contributed by atoms with Crippen molar-refractivity contribution in [3.63, 3.8) is 0 Å². The summed E-state index contributed by atoms with van der Waals surface area (Å²) in [6.07, 6.45) is 4.18. The third-order valence-corrected chi connectivity index (χ3v) is 2.12.